The van der Waals surface area contributed by atoms with Gasteiger partial charge in [0.2, 0.25) is 0 Å². The van der Waals surface area contributed by atoms with Crippen LogP contribution in [0.5, 0.6) is 0 Å². The second kappa shape index (κ2) is 6.84. The highest BCUT2D eigenvalue weighted by atomic mass is 28.1. The van der Waals surface area contributed by atoms with Crippen molar-refractivity contribution in [3.8, 4) is 0 Å². The summed E-state index contributed by atoms with van der Waals surface area (Å²) in [4.78, 5) is 10.5. The lowest BCUT2D eigenvalue weighted by molar-refractivity contribution is 0.0445. The maximum Gasteiger partial charge on any atom is 0.508 e. The number of hydrogen-bond donors (Lipinski definition) is 0. The summed E-state index contributed by atoms with van der Waals surface area (Å²) in [5.41, 5.74) is 0. The molecular formula is C9H18O4Si. The van der Waals surface area contributed by atoms with Gasteiger partial charge in [0.1, 0.15) is 6.61 Å². The molecule has 1 heterocycles. The second-order valence-electron chi connectivity index (χ2n) is 3.44. The number of ether oxygens (including phenoxy) is 3. The molecule has 4 nitrogen and oxygen atoms in total. The second-order valence-corrected chi connectivity index (χ2v) is 4.44. The van der Waals surface area contributed by atoms with Crippen molar-refractivity contribution in [1.29, 1.82) is 0 Å². The van der Waals surface area contributed by atoms with Gasteiger partial charge in [0.25, 0.3) is 0 Å². The first-order chi connectivity index (χ1) is 6.83. The first-order valence-corrected chi connectivity index (χ1v) is 6.65. The normalized spacial score (nSPS) is 20.9. The van der Waals surface area contributed by atoms with E-state index in [1.807, 2.05) is 0 Å². The Kier molecular flexibility index (Phi) is 5.63. The smallest absolute Gasteiger partial charge is 0.430 e. The van der Waals surface area contributed by atoms with Gasteiger partial charge in [-0.05, 0) is 6.42 Å². The van der Waals surface area contributed by atoms with Crippen molar-refractivity contribution >= 4 is 16.4 Å². The van der Waals surface area contributed by atoms with Gasteiger partial charge in [0.15, 0.2) is 6.10 Å². The van der Waals surface area contributed by atoms with E-state index >= 15 is 0 Å². The van der Waals surface area contributed by atoms with Gasteiger partial charge in [-0.3, -0.25) is 0 Å². The molecule has 0 aromatic rings. The van der Waals surface area contributed by atoms with Gasteiger partial charge in [-0.15, -0.1) is 0 Å². The molecule has 0 N–H and O–H groups in total. The molecule has 1 atom stereocenters. The van der Waals surface area contributed by atoms with Crippen molar-refractivity contribution in [2.24, 2.45) is 0 Å². The molecule has 1 fully saturated rings. The zero-order valence-corrected chi connectivity index (χ0v) is 10.7. The Morgan fingerprint density at radius 2 is 2.29 bits per heavy atom. The summed E-state index contributed by atoms with van der Waals surface area (Å²) in [6, 6.07) is 1.37. The van der Waals surface area contributed by atoms with E-state index in [2.05, 4.69) is 4.74 Å². The molecule has 1 saturated heterocycles. The molecule has 5 heteroatoms. The summed E-state index contributed by atoms with van der Waals surface area (Å²) in [7, 11) is 1.30. The quantitative estimate of drug-likeness (QED) is 0.354. The Balaban J connectivity index is 1.86. The van der Waals surface area contributed by atoms with E-state index in [0.29, 0.717) is 13.2 Å². The fourth-order valence-electron chi connectivity index (χ4n) is 1.29. The van der Waals surface area contributed by atoms with Crippen molar-refractivity contribution in [2.75, 3.05) is 19.8 Å². The van der Waals surface area contributed by atoms with Crippen LogP contribution >= 0.6 is 0 Å². The van der Waals surface area contributed by atoms with Crippen molar-refractivity contribution in [1.82, 2.24) is 0 Å². The third kappa shape index (κ3) is 4.62. The minimum Gasteiger partial charge on any atom is -0.430 e. The van der Waals surface area contributed by atoms with Gasteiger partial charge >= 0.3 is 6.16 Å². The van der Waals surface area contributed by atoms with Crippen LogP contribution in [0, 0.1) is 0 Å². The van der Waals surface area contributed by atoms with E-state index in [0.717, 1.165) is 13.0 Å². The van der Waals surface area contributed by atoms with Crippen LogP contribution in [-0.2, 0) is 14.2 Å². The molecule has 0 radical (unpaired) electrons. The van der Waals surface area contributed by atoms with Crippen LogP contribution in [0.15, 0.2) is 0 Å². The molecule has 1 aliphatic heterocycles. The van der Waals surface area contributed by atoms with Crippen LogP contribution in [0.4, 0.5) is 4.79 Å². The van der Waals surface area contributed by atoms with E-state index < -0.39 is 6.16 Å². The molecule has 1 unspecified atom stereocenters. The largest absolute Gasteiger partial charge is 0.508 e. The highest BCUT2D eigenvalue weighted by molar-refractivity contribution is 6.08. The number of hydrogen-bond acceptors (Lipinski definition) is 4. The number of unbranched alkanes of at least 4 members (excludes halogenated alkanes) is 2. The topological polar surface area (TPSA) is 44.8 Å². The predicted octanol–water partition coefficient (Wildman–Crippen LogP) is 0.492. The van der Waals surface area contributed by atoms with Crippen LogP contribution in [0.3, 0.4) is 0 Å². The number of rotatable bonds is 7. The number of cyclic esters (lactones) is 2. The minimum absolute atomic E-state index is 0.193. The van der Waals surface area contributed by atoms with E-state index in [9.17, 15) is 4.79 Å². The van der Waals surface area contributed by atoms with Crippen molar-refractivity contribution in [3.05, 3.63) is 0 Å². The molecular weight excluding hydrogens is 200 g/mol. The molecule has 0 aromatic heterocycles. The molecule has 82 valence electrons. The highest BCUT2D eigenvalue weighted by Crippen LogP contribution is 2.06. The maximum atomic E-state index is 10.5. The fraction of sp³-hybridized carbons (Fsp3) is 0.889. The Morgan fingerprint density at radius 1 is 1.43 bits per heavy atom. The van der Waals surface area contributed by atoms with Crippen LogP contribution < -0.4 is 0 Å². The van der Waals surface area contributed by atoms with Gasteiger partial charge < -0.3 is 14.2 Å². The van der Waals surface area contributed by atoms with Gasteiger partial charge in [-0.1, -0.05) is 18.9 Å². The lowest BCUT2D eigenvalue weighted by Gasteiger charge is -2.06. The zero-order chi connectivity index (χ0) is 10.2. The van der Waals surface area contributed by atoms with Gasteiger partial charge in [-0.2, -0.15) is 0 Å². The molecule has 0 aliphatic carbocycles. The lowest BCUT2D eigenvalue weighted by Crippen LogP contribution is -2.18. The maximum absolute atomic E-state index is 10.5. The van der Waals surface area contributed by atoms with E-state index in [1.165, 1.54) is 29.1 Å². The zero-order valence-electron chi connectivity index (χ0n) is 8.66. The van der Waals surface area contributed by atoms with Crippen LogP contribution in [0.25, 0.3) is 0 Å². The van der Waals surface area contributed by atoms with E-state index in [4.69, 9.17) is 9.47 Å². The average molecular weight is 218 g/mol. The van der Waals surface area contributed by atoms with Crippen LogP contribution in [-0.4, -0.2) is 42.3 Å². The van der Waals surface area contributed by atoms with Crippen molar-refractivity contribution in [2.45, 2.75) is 31.4 Å². The first-order valence-electron chi connectivity index (χ1n) is 5.24. The SMILES string of the molecule is O=C1OCC(COCCCCC[SiH3])O1. The van der Waals surface area contributed by atoms with Gasteiger partial charge in [-0.25, -0.2) is 4.79 Å². The van der Waals surface area contributed by atoms with Crippen molar-refractivity contribution in [3.63, 3.8) is 0 Å². The summed E-state index contributed by atoms with van der Waals surface area (Å²) in [5.74, 6) is 0. The monoisotopic (exact) mass is 218 g/mol. The van der Waals surface area contributed by atoms with Gasteiger partial charge in [0.05, 0.1) is 6.61 Å². The minimum atomic E-state index is -0.574. The molecule has 0 aromatic carbocycles. The molecule has 1 rings (SSSR count). The molecule has 0 bridgehead atoms. The molecule has 14 heavy (non-hydrogen) atoms. The summed E-state index contributed by atoms with van der Waals surface area (Å²) < 4.78 is 14.8. The fourth-order valence-corrected chi connectivity index (χ4v) is 1.79. The van der Waals surface area contributed by atoms with E-state index in [1.54, 1.807) is 0 Å². The molecule has 1 aliphatic rings. The number of carbonyl (C=O) groups is 1. The lowest BCUT2D eigenvalue weighted by atomic mass is 10.3. The summed E-state index contributed by atoms with van der Waals surface area (Å²) >= 11 is 0. The summed E-state index contributed by atoms with van der Waals surface area (Å²) in [5, 5.41) is 0. The highest BCUT2D eigenvalue weighted by Gasteiger charge is 2.24. The average Bonchev–Trinajstić information content (AvgIpc) is 2.58. The molecule has 0 spiro atoms. The summed E-state index contributed by atoms with van der Waals surface area (Å²) in [6.07, 6.45) is 2.89. The molecule has 0 saturated carbocycles. The van der Waals surface area contributed by atoms with Gasteiger partial charge in [0, 0.05) is 16.8 Å². The first kappa shape index (κ1) is 11.5. The summed E-state index contributed by atoms with van der Waals surface area (Å²) in [6.45, 7) is 1.56. The Hall–Kier alpha value is -0.553. The van der Waals surface area contributed by atoms with Crippen molar-refractivity contribution < 1.29 is 19.0 Å². The number of carbonyl (C=O) groups excluding carboxylic acids is 1. The Labute approximate surface area is 87.3 Å². The van der Waals surface area contributed by atoms with Crippen LogP contribution in [0.1, 0.15) is 19.3 Å². The Morgan fingerprint density at radius 3 is 2.93 bits per heavy atom. The van der Waals surface area contributed by atoms with E-state index in [-0.39, 0.29) is 6.10 Å². The Bertz CT molecular complexity index is 174. The van der Waals surface area contributed by atoms with Crippen LogP contribution in [0.2, 0.25) is 6.04 Å². The molecule has 0 amide bonds. The third-order valence-electron chi connectivity index (χ3n) is 2.10. The third-order valence-corrected chi connectivity index (χ3v) is 2.80. The predicted molar refractivity (Wildman–Crippen MR) is 55.6 cm³/mol. The standard InChI is InChI=1S/C9H18O4Si/c10-9-12-7-8(13-9)6-11-4-2-1-3-5-14/h8H,1-7H2,14H3.